The van der Waals surface area contributed by atoms with Crippen LogP contribution in [-0.4, -0.2) is 48.5 Å². The summed E-state index contributed by atoms with van der Waals surface area (Å²) in [6.45, 7) is 4.95. The Morgan fingerprint density at radius 3 is 2.61 bits per heavy atom. The second kappa shape index (κ2) is 8.50. The molecule has 1 amide bonds. The van der Waals surface area contributed by atoms with Crippen molar-refractivity contribution in [2.24, 2.45) is 5.92 Å². The van der Waals surface area contributed by atoms with Gasteiger partial charge < -0.3 is 9.64 Å². The monoisotopic (exact) mass is 402 g/mol. The second-order valence-electron chi connectivity index (χ2n) is 7.57. The van der Waals surface area contributed by atoms with Gasteiger partial charge in [-0.2, -0.15) is 0 Å². The van der Waals surface area contributed by atoms with Crippen LogP contribution in [0.4, 0.5) is 4.39 Å². The molecule has 28 heavy (non-hydrogen) atoms. The van der Waals surface area contributed by atoms with Crippen molar-refractivity contribution in [2.75, 3.05) is 32.8 Å². The lowest BCUT2D eigenvalue weighted by Crippen LogP contribution is -2.40. The number of halogens is 2. The van der Waals surface area contributed by atoms with Gasteiger partial charge in [-0.15, -0.1) is 0 Å². The van der Waals surface area contributed by atoms with E-state index in [2.05, 4.69) is 4.90 Å². The minimum absolute atomic E-state index is 0.127. The molecule has 148 valence electrons. The zero-order valence-electron chi connectivity index (χ0n) is 15.7. The van der Waals surface area contributed by atoms with Crippen molar-refractivity contribution in [3.05, 3.63) is 64.4 Å². The highest BCUT2D eigenvalue weighted by Crippen LogP contribution is 2.28. The molecule has 6 heteroatoms. The Labute approximate surface area is 169 Å². The summed E-state index contributed by atoms with van der Waals surface area (Å²) in [5.41, 5.74) is 1.83. The number of likely N-dealkylation sites (tertiary alicyclic amines) is 1. The van der Waals surface area contributed by atoms with Crippen LogP contribution in [0.15, 0.2) is 42.5 Å². The van der Waals surface area contributed by atoms with Gasteiger partial charge >= 0.3 is 0 Å². The Morgan fingerprint density at radius 2 is 1.86 bits per heavy atom. The standard InChI is InChI=1S/C22H24ClFN2O2/c23-18-1-6-21-17(13-18)15-26(22(21)27)14-16-7-9-25(10-8-16)11-12-28-20-4-2-19(24)3-5-20/h1-6,13,16H,7-12,14-15H2. The summed E-state index contributed by atoms with van der Waals surface area (Å²) in [4.78, 5) is 16.9. The second-order valence-corrected chi connectivity index (χ2v) is 8.01. The zero-order valence-corrected chi connectivity index (χ0v) is 16.5. The average Bonchev–Trinajstić information content (AvgIpc) is 2.99. The first-order chi connectivity index (χ1) is 13.6. The van der Waals surface area contributed by atoms with Gasteiger partial charge in [-0.05, 0) is 79.9 Å². The van der Waals surface area contributed by atoms with Crippen molar-refractivity contribution < 1.29 is 13.9 Å². The first-order valence-corrected chi connectivity index (χ1v) is 10.1. The van der Waals surface area contributed by atoms with E-state index in [4.69, 9.17) is 16.3 Å². The van der Waals surface area contributed by atoms with E-state index in [0.717, 1.165) is 50.1 Å². The third kappa shape index (κ3) is 4.47. The number of carbonyl (C=O) groups is 1. The minimum atomic E-state index is -0.253. The number of ether oxygens (including phenoxy) is 1. The summed E-state index contributed by atoms with van der Waals surface area (Å²) < 4.78 is 18.6. The van der Waals surface area contributed by atoms with Crippen LogP contribution in [0.2, 0.25) is 5.02 Å². The van der Waals surface area contributed by atoms with E-state index in [1.807, 2.05) is 17.0 Å². The molecule has 2 aliphatic rings. The number of hydrogen-bond donors (Lipinski definition) is 0. The maximum absolute atomic E-state index is 12.9. The van der Waals surface area contributed by atoms with Crippen molar-refractivity contribution in [3.8, 4) is 5.75 Å². The molecule has 0 atom stereocenters. The summed E-state index contributed by atoms with van der Waals surface area (Å²) in [6.07, 6.45) is 2.16. The van der Waals surface area contributed by atoms with Crippen LogP contribution >= 0.6 is 11.6 Å². The van der Waals surface area contributed by atoms with Crippen molar-refractivity contribution >= 4 is 17.5 Å². The molecule has 0 radical (unpaired) electrons. The fourth-order valence-electron chi connectivity index (χ4n) is 4.02. The van der Waals surface area contributed by atoms with Gasteiger partial charge in [-0.3, -0.25) is 9.69 Å². The van der Waals surface area contributed by atoms with Crippen LogP contribution in [0.25, 0.3) is 0 Å². The largest absolute Gasteiger partial charge is 0.492 e. The predicted molar refractivity (Wildman–Crippen MR) is 107 cm³/mol. The smallest absolute Gasteiger partial charge is 0.254 e. The Morgan fingerprint density at radius 1 is 1.11 bits per heavy atom. The van der Waals surface area contributed by atoms with E-state index in [1.54, 1.807) is 18.2 Å². The molecule has 4 rings (SSSR count). The molecule has 0 spiro atoms. The summed E-state index contributed by atoms with van der Waals surface area (Å²) >= 11 is 6.05. The van der Waals surface area contributed by atoms with Gasteiger partial charge in [-0.1, -0.05) is 11.6 Å². The molecular formula is C22H24ClFN2O2. The molecule has 0 N–H and O–H groups in total. The highest BCUT2D eigenvalue weighted by atomic mass is 35.5. The van der Waals surface area contributed by atoms with Gasteiger partial charge in [0.1, 0.15) is 18.2 Å². The maximum Gasteiger partial charge on any atom is 0.254 e. The Bertz CT molecular complexity index is 835. The number of carbonyl (C=O) groups excluding carboxylic acids is 1. The Kier molecular flexibility index (Phi) is 5.83. The van der Waals surface area contributed by atoms with Gasteiger partial charge in [0.05, 0.1) is 0 Å². The third-order valence-electron chi connectivity index (χ3n) is 5.62. The van der Waals surface area contributed by atoms with Crippen LogP contribution in [0.5, 0.6) is 5.75 Å². The van der Waals surface area contributed by atoms with Crippen LogP contribution in [0, 0.1) is 11.7 Å². The summed E-state index contributed by atoms with van der Waals surface area (Å²) in [6, 6.07) is 11.6. The molecule has 2 aromatic carbocycles. The van der Waals surface area contributed by atoms with E-state index >= 15 is 0 Å². The normalized spacial score (nSPS) is 17.8. The molecule has 2 aromatic rings. The summed E-state index contributed by atoms with van der Waals surface area (Å²) in [7, 11) is 0. The van der Waals surface area contributed by atoms with E-state index in [9.17, 15) is 9.18 Å². The fraction of sp³-hybridized carbons (Fsp3) is 0.409. The molecule has 0 saturated carbocycles. The fourth-order valence-corrected chi connectivity index (χ4v) is 4.22. The number of benzene rings is 2. The van der Waals surface area contributed by atoms with E-state index in [-0.39, 0.29) is 11.7 Å². The number of rotatable bonds is 6. The van der Waals surface area contributed by atoms with Gasteiger partial charge in [0, 0.05) is 30.2 Å². The molecule has 2 heterocycles. The first-order valence-electron chi connectivity index (χ1n) is 9.77. The zero-order chi connectivity index (χ0) is 19.5. The topological polar surface area (TPSA) is 32.8 Å². The molecule has 0 unspecified atom stereocenters. The van der Waals surface area contributed by atoms with Crippen LogP contribution in [-0.2, 0) is 6.54 Å². The summed E-state index contributed by atoms with van der Waals surface area (Å²) in [5.74, 6) is 1.10. The van der Waals surface area contributed by atoms with Gasteiger partial charge in [0.15, 0.2) is 0 Å². The number of hydrogen-bond acceptors (Lipinski definition) is 3. The summed E-state index contributed by atoms with van der Waals surface area (Å²) in [5, 5.41) is 0.685. The molecular weight excluding hydrogens is 379 g/mol. The van der Waals surface area contributed by atoms with Crippen LogP contribution in [0.1, 0.15) is 28.8 Å². The highest BCUT2D eigenvalue weighted by molar-refractivity contribution is 6.30. The highest BCUT2D eigenvalue weighted by Gasteiger charge is 2.30. The number of fused-ring (bicyclic) bond motifs is 1. The van der Waals surface area contributed by atoms with Crippen LogP contribution < -0.4 is 4.74 Å². The molecule has 4 nitrogen and oxygen atoms in total. The van der Waals surface area contributed by atoms with Crippen molar-refractivity contribution in [1.29, 1.82) is 0 Å². The lowest BCUT2D eigenvalue weighted by Gasteiger charge is -2.33. The van der Waals surface area contributed by atoms with Gasteiger partial charge in [0.25, 0.3) is 5.91 Å². The van der Waals surface area contributed by atoms with Crippen LogP contribution in [0.3, 0.4) is 0 Å². The lowest BCUT2D eigenvalue weighted by atomic mass is 9.96. The molecule has 2 aliphatic heterocycles. The number of piperidine rings is 1. The van der Waals surface area contributed by atoms with Crippen molar-refractivity contribution in [1.82, 2.24) is 9.80 Å². The predicted octanol–water partition coefficient (Wildman–Crippen LogP) is 4.23. The Hall–Kier alpha value is -2.11. The van der Waals surface area contributed by atoms with Gasteiger partial charge in [0.2, 0.25) is 0 Å². The number of nitrogens with zero attached hydrogens (tertiary/aromatic N) is 2. The third-order valence-corrected chi connectivity index (χ3v) is 5.86. The molecule has 0 aliphatic carbocycles. The molecule has 1 saturated heterocycles. The van der Waals surface area contributed by atoms with E-state index in [1.165, 1.54) is 12.1 Å². The molecule has 1 fully saturated rings. The van der Waals surface area contributed by atoms with E-state index < -0.39 is 0 Å². The van der Waals surface area contributed by atoms with Gasteiger partial charge in [-0.25, -0.2) is 4.39 Å². The quantitative estimate of drug-likeness (QED) is 0.725. The average molecular weight is 403 g/mol. The Balaban J connectivity index is 1.20. The minimum Gasteiger partial charge on any atom is -0.492 e. The lowest BCUT2D eigenvalue weighted by molar-refractivity contribution is 0.0708. The number of amides is 1. The van der Waals surface area contributed by atoms with E-state index in [0.29, 0.717) is 29.8 Å². The first kappa shape index (κ1) is 19.2. The maximum atomic E-state index is 12.9. The van der Waals surface area contributed by atoms with Crippen molar-refractivity contribution in [2.45, 2.75) is 19.4 Å². The SMILES string of the molecule is O=C1c2ccc(Cl)cc2CN1CC1CCN(CCOc2ccc(F)cc2)CC1. The molecule has 0 bridgehead atoms. The molecule has 0 aromatic heterocycles. The van der Waals surface area contributed by atoms with Crippen molar-refractivity contribution in [3.63, 3.8) is 0 Å².